The maximum atomic E-state index is 12.4. The molecule has 0 spiro atoms. The van der Waals surface area contributed by atoms with Crippen molar-refractivity contribution in [1.82, 2.24) is 4.90 Å². The highest BCUT2D eigenvalue weighted by molar-refractivity contribution is 6.30. The number of piperidine rings is 1. The molecule has 136 valence electrons. The molecule has 2 amide bonds. The maximum absolute atomic E-state index is 12.4. The Balaban J connectivity index is 1.51. The molecule has 6 heteroatoms. The number of ether oxygens (including phenoxy) is 1. The van der Waals surface area contributed by atoms with Gasteiger partial charge in [-0.2, -0.15) is 0 Å². The predicted molar refractivity (Wildman–Crippen MR) is 102 cm³/mol. The molecular weight excluding hydrogens is 352 g/mol. The van der Waals surface area contributed by atoms with Crippen LogP contribution < -0.4 is 10.1 Å². The van der Waals surface area contributed by atoms with E-state index in [0.717, 1.165) is 25.9 Å². The quantitative estimate of drug-likeness (QED) is 0.863. The maximum Gasteiger partial charge on any atom is 0.262 e. The molecule has 1 saturated heterocycles. The standard InChI is InChI=1S/C20H21ClN2O3/c21-16-5-4-6-18(13-16)26-14-19(24)22-17-9-7-15(8-10-17)20(25)23-11-2-1-3-12-23/h4-10,13H,1-3,11-12,14H2,(H,22,24). The summed E-state index contributed by atoms with van der Waals surface area (Å²) in [5, 5.41) is 3.30. The predicted octanol–water partition coefficient (Wildman–Crippen LogP) is 3.98. The fraction of sp³-hybridized carbons (Fsp3) is 0.300. The number of amides is 2. The summed E-state index contributed by atoms with van der Waals surface area (Å²) in [6.07, 6.45) is 3.31. The Morgan fingerprint density at radius 2 is 1.77 bits per heavy atom. The zero-order chi connectivity index (χ0) is 18.4. The van der Waals surface area contributed by atoms with Crippen LogP contribution in [-0.4, -0.2) is 36.4 Å². The third-order valence-electron chi connectivity index (χ3n) is 4.22. The van der Waals surface area contributed by atoms with Crippen LogP contribution in [0.5, 0.6) is 5.75 Å². The Morgan fingerprint density at radius 1 is 1.04 bits per heavy atom. The summed E-state index contributed by atoms with van der Waals surface area (Å²) in [5.74, 6) is 0.307. The summed E-state index contributed by atoms with van der Waals surface area (Å²) in [7, 11) is 0. The molecule has 2 aromatic carbocycles. The molecule has 0 unspecified atom stereocenters. The molecule has 0 atom stereocenters. The molecule has 0 aromatic heterocycles. The first-order chi connectivity index (χ1) is 12.6. The number of benzene rings is 2. The highest BCUT2D eigenvalue weighted by Gasteiger charge is 2.18. The number of hydrogen-bond donors (Lipinski definition) is 1. The second-order valence-electron chi connectivity index (χ2n) is 6.22. The molecule has 2 aromatic rings. The number of anilines is 1. The minimum Gasteiger partial charge on any atom is -0.484 e. The number of carbonyl (C=O) groups is 2. The van der Waals surface area contributed by atoms with Crippen molar-refractivity contribution in [3.63, 3.8) is 0 Å². The van der Waals surface area contributed by atoms with Gasteiger partial charge in [-0.15, -0.1) is 0 Å². The molecule has 1 fully saturated rings. The van der Waals surface area contributed by atoms with E-state index in [-0.39, 0.29) is 18.4 Å². The number of carbonyl (C=O) groups excluding carboxylic acids is 2. The van der Waals surface area contributed by atoms with Crippen LogP contribution in [0.4, 0.5) is 5.69 Å². The Kier molecular flexibility index (Phi) is 6.12. The van der Waals surface area contributed by atoms with Crippen LogP contribution in [0.15, 0.2) is 48.5 Å². The van der Waals surface area contributed by atoms with Crippen LogP contribution in [0.1, 0.15) is 29.6 Å². The normalized spacial score (nSPS) is 14.0. The monoisotopic (exact) mass is 372 g/mol. The molecule has 1 heterocycles. The average molecular weight is 373 g/mol. The lowest BCUT2D eigenvalue weighted by atomic mass is 10.1. The summed E-state index contributed by atoms with van der Waals surface area (Å²) in [4.78, 5) is 26.3. The second kappa shape index (κ2) is 8.72. The largest absolute Gasteiger partial charge is 0.484 e. The average Bonchev–Trinajstić information content (AvgIpc) is 2.67. The van der Waals surface area contributed by atoms with Crippen molar-refractivity contribution in [3.05, 3.63) is 59.1 Å². The van der Waals surface area contributed by atoms with Gasteiger partial charge in [0, 0.05) is 29.4 Å². The van der Waals surface area contributed by atoms with Gasteiger partial charge in [-0.3, -0.25) is 9.59 Å². The number of halogens is 1. The summed E-state index contributed by atoms with van der Waals surface area (Å²) < 4.78 is 5.40. The van der Waals surface area contributed by atoms with E-state index in [1.165, 1.54) is 6.42 Å². The number of hydrogen-bond acceptors (Lipinski definition) is 3. The van der Waals surface area contributed by atoms with E-state index in [0.29, 0.717) is 22.0 Å². The Labute approximate surface area is 157 Å². The van der Waals surface area contributed by atoms with Crippen LogP contribution in [0.2, 0.25) is 5.02 Å². The van der Waals surface area contributed by atoms with E-state index < -0.39 is 0 Å². The number of likely N-dealkylation sites (tertiary alicyclic amines) is 1. The van der Waals surface area contributed by atoms with Crippen LogP contribution in [0, 0.1) is 0 Å². The van der Waals surface area contributed by atoms with Crippen molar-refractivity contribution in [2.24, 2.45) is 0 Å². The van der Waals surface area contributed by atoms with E-state index in [2.05, 4.69) is 5.32 Å². The van der Waals surface area contributed by atoms with Crippen molar-refractivity contribution in [1.29, 1.82) is 0 Å². The zero-order valence-corrected chi connectivity index (χ0v) is 15.2. The lowest BCUT2D eigenvalue weighted by molar-refractivity contribution is -0.118. The summed E-state index contributed by atoms with van der Waals surface area (Å²) in [5.41, 5.74) is 1.26. The van der Waals surface area contributed by atoms with E-state index in [9.17, 15) is 9.59 Å². The van der Waals surface area contributed by atoms with Gasteiger partial charge in [-0.05, 0) is 61.7 Å². The van der Waals surface area contributed by atoms with Gasteiger partial charge in [0.2, 0.25) is 0 Å². The molecule has 0 saturated carbocycles. The van der Waals surface area contributed by atoms with Gasteiger partial charge >= 0.3 is 0 Å². The van der Waals surface area contributed by atoms with Crippen LogP contribution in [0.3, 0.4) is 0 Å². The van der Waals surface area contributed by atoms with Crippen molar-refractivity contribution in [2.45, 2.75) is 19.3 Å². The van der Waals surface area contributed by atoms with Crippen molar-refractivity contribution >= 4 is 29.1 Å². The Hall–Kier alpha value is -2.53. The van der Waals surface area contributed by atoms with Crippen molar-refractivity contribution in [2.75, 3.05) is 25.0 Å². The van der Waals surface area contributed by atoms with Gasteiger partial charge in [0.05, 0.1) is 0 Å². The minimum atomic E-state index is -0.278. The molecule has 1 aliphatic rings. The molecule has 1 aliphatic heterocycles. The summed E-state index contributed by atoms with van der Waals surface area (Å²) in [6.45, 7) is 1.52. The molecule has 0 bridgehead atoms. The molecule has 0 aliphatic carbocycles. The van der Waals surface area contributed by atoms with E-state index in [1.807, 2.05) is 4.90 Å². The topological polar surface area (TPSA) is 58.6 Å². The van der Waals surface area contributed by atoms with E-state index in [4.69, 9.17) is 16.3 Å². The van der Waals surface area contributed by atoms with E-state index in [1.54, 1.807) is 48.5 Å². The van der Waals surface area contributed by atoms with Gasteiger partial charge in [-0.25, -0.2) is 0 Å². The van der Waals surface area contributed by atoms with Gasteiger partial charge in [0.25, 0.3) is 11.8 Å². The first-order valence-corrected chi connectivity index (χ1v) is 9.07. The minimum absolute atomic E-state index is 0.0480. The second-order valence-corrected chi connectivity index (χ2v) is 6.66. The highest BCUT2D eigenvalue weighted by Crippen LogP contribution is 2.18. The molecule has 26 heavy (non-hydrogen) atoms. The number of rotatable bonds is 5. The number of nitrogens with zero attached hydrogens (tertiary/aromatic N) is 1. The smallest absolute Gasteiger partial charge is 0.262 e. The fourth-order valence-electron chi connectivity index (χ4n) is 2.88. The third-order valence-corrected chi connectivity index (χ3v) is 4.46. The van der Waals surface area contributed by atoms with Crippen molar-refractivity contribution < 1.29 is 14.3 Å². The summed E-state index contributed by atoms with van der Waals surface area (Å²) in [6, 6.07) is 13.8. The lowest BCUT2D eigenvalue weighted by Gasteiger charge is -2.26. The van der Waals surface area contributed by atoms with Crippen LogP contribution in [0.25, 0.3) is 0 Å². The van der Waals surface area contributed by atoms with E-state index >= 15 is 0 Å². The first kappa shape index (κ1) is 18.3. The zero-order valence-electron chi connectivity index (χ0n) is 14.4. The number of nitrogens with one attached hydrogen (secondary N) is 1. The molecular formula is C20H21ClN2O3. The Bertz CT molecular complexity index is 771. The van der Waals surface area contributed by atoms with Crippen molar-refractivity contribution in [3.8, 4) is 5.75 Å². The highest BCUT2D eigenvalue weighted by atomic mass is 35.5. The molecule has 3 rings (SSSR count). The van der Waals surface area contributed by atoms with Gasteiger partial charge in [-0.1, -0.05) is 17.7 Å². The van der Waals surface area contributed by atoms with Crippen LogP contribution >= 0.6 is 11.6 Å². The third kappa shape index (κ3) is 4.99. The Morgan fingerprint density at radius 3 is 2.46 bits per heavy atom. The molecule has 5 nitrogen and oxygen atoms in total. The first-order valence-electron chi connectivity index (χ1n) is 8.69. The van der Waals surface area contributed by atoms with Crippen LogP contribution in [-0.2, 0) is 4.79 Å². The fourth-order valence-corrected chi connectivity index (χ4v) is 3.06. The molecule has 0 radical (unpaired) electrons. The van der Waals surface area contributed by atoms with Gasteiger partial charge in [0.15, 0.2) is 6.61 Å². The molecule has 1 N–H and O–H groups in total. The summed E-state index contributed by atoms with van der Waals surface area (Å²) >= 11 is 5.87. The van der Waals surface area contributed by atoms with Gasteiger partial charge in [0.1, 0.15) is 5.75 Å². The lowest BCUT2D eigenvalue weighted by Crippen LogP contribution is -2.35. The van der Waals surface area contributed by atoms with Gasteiger partial charge < -0.3 is 15.0 Å². The SMILES string of the molecule is O=C(COc1cccc(Cl)c1)Nc1ccc(C(=O)N2CCCCC2)cc1.